The van der Waals surface area contributed by atoms with Crippen LogP contribution in [-0.2, 0) is 0 Å². The molecule has 2 aromatic rings. The van der Waals surface area contributed by atoms with Crippen molar-refractivity contribution in [3.63, 3.8) is 0 Å². The van der Waals surface area contributed by atoms with Crippen molar-refractivity contribution in [2.75, 3.05) is 6.61 Å². The number of hydrogen-bond acceptors (Lipinski definition) is 4. The smallest absolute Gasteiger partial charge is 0.371 e. The number of benzene rings is 1. The first-order valence-electron chi connectivity index (χ1n) is 6.92. The first-order chi connectivity index (χ1) is 10.6. The van der Waals surface area contributed by atoms with Gasteiger partial charge in [-0.2, -0.15) is 0 Å². The molecule has 114 valence electrons. The van der Waals surface area contributed by atoms with Gasteiger partial charge < -0.3 is 19.6 Å². The second-order valence-electron chi connectivity index (χ2n) is 5.19. The SMILES string of the molecule is C[C@H](NC(=O)c1ccc(C(=O)O)o1)[C@H]1COc2ccccc21. The molecule has 0 fully saturated rings. The number of furan rings is 1. The normalized spacial score (nSPS) is 17.4. The number of nitrogens with one attached hydrogen (secondary N) is 1. The predicted molar refractivity (Wildman–Crippen MR) is 77.3 cm³/mol. The van der Waals surface area contributed by atoms with Gasteiger partial charge in [0.1, 0.15) is 5.75 Å². The van der Waals surface area contributed by atoms with Gasteiger partial charge in [-0.05, 0) is 25.1 Å². The number of carboxylic acids is 1. The van der Waals surface area contributed by atoms with Crippen LogP contribution in [0.1, 0.15) is 39.5 Å². The summed E-state index contributed by atoms with van der Waals surface area (Å²) in [6.45, 7) is 2.38. The maximum absolute atomic E-state index is 12.1. The van der Waals surface area contributed by atoms with E-state index in [2.05, 4.69) is 5.32 Å². The van der Waals surface area contributed by atoms with Gasteiger partial charge in [0.15, 0.2) is 5.76 Å². The fourth-order valence-corrected chi connectivity index (χ4v) is 2.55. The second-order valence-corrected chi connectivity index (χ2v) is 5.19. The highest BCUT2D eigenvalue weighted by molar-refractivity contribution is 5.93. The molecule has 1 aromatic carbocycles. The third kappa shape index (κ3) is 2.55. The Hall–Kier alpha value is -2.76. The summed E-state index contributed by atoms with van der Waals surface area (Å²) in [5, 5.41) is 11.6. The standard InChI is InChI=1S/C16H15NO5/c1-9(11-8-21-12-5-3-2-4-10(11)12)17-15(18)13-6-7-14(22-13)16(19)20/h2-7,9,11H,8H2,1H3,(H,17,18)(H,19,20)/t9-,11+/m0/s1. The van der Waals surface area contributed by atoms with Crippen LogP contribution in [0.4, 0.5) is 0 Å². The maximum atomic E-state index is 12.1. The van der Waals surface area contributed by atoms with Crippen molar-refractivity contribution in [3.05, 3.63) is 53.5 Å². The molecule has 6 heteroatoms. The Balaban J connectivity index is 1.70. The third-order valence-corrected chi connectivity index (χ3v) is 3.74. The lowest BCUT2D eigenvalue weighted by molar-refractivity contribution is 0.0659. The van der Waals surface area contributed by atoms with Crippen molar-refractivity contribution >= 4 is 11.9 Å². The van der Waals surface area contributed by atoms with E-state index in [1.807, 2.05) is 31.2 Å². The van der Waals surface area contributed by atoms with E-state index >= 15 is 0 Å². The maximum Gasteiger partial charge on any atom is 0.371 e. The number of ether oxygens (including phenoxy) is 1. The summed E-state index contributed by atoms with van der Waals surface area (Å²) in [7, 11) is 0. The molecule has 1 aliphatic rings. The quantitative estimate of drug-likeness (QED) is 0.904. The first-order valence-corrected chi connectivity index (χ1v) is 6.92. The van der Waals surface area contributed by atoms with Crippen LogP contribution < -0.4 is 10.1 Å². The van der Waals surface area contributed by atoms with Crippen molar-refractivity contribution in [3.8, 4) is 5.75 Å². The van der Waals surface area contributed by atoms with Crippen molar-refractivity contribution in [2.45, 2.75) is 18.9 Å². The Morgan fingerprint density at radius 2 is 1.95 bits per heavy atom. The Bertz CT molecular complexity index is 721. The number of carbonyl (C=O) groups excluding carboxylic acids is 1. The molecular weight excluding hydrogens is 286 g/mol. The number of carbonyl (C=O) groups is 2. The summed E-state index contributed by atoms with van der Waals surface area (Å²) in [5.74, 6) is -1.03. The Labute approximate surface area is 126 Å². The molecule has 2 N–H and O–H groups in total. The molecular formula is C16H15NO5. The van der Waals surface area contributed by atoms with E-state index in [1.54, 1.807) is 0 Å². The van der Waals surface area contributed by atoms with Gasteiger partial charge in [-0.15, -0.1) is 0 Å². The average Bonchev–Trinajstić information content (AvgIpc) is 3.14. The number of rotatable bonds is 4. The molecule has 0 bridgehead atoms. The molecule has 22 heavy (non-hydrogen) atoms. The largest absolute Gasteiger partial charge is 0.493 e. The van der Waals surface area contributed by atoms with Gasteiger partial charge in [0.2, 0.25) is 5.76 Å². The van der Waals surface area contributed by atoms with Crippen LogP contribution in [-0.4, -0.2) is 29.6 Å². The molecule has 6 nitrogen and oxygen atoms in total. The van der Waals surface area contributed by atoms with E-state index in [9.17, 15) is 9.59 Å². The Morgan fingerprint density at radius 1 is 1.23 bits per heavy atom. The van der Waals surface area contributed by atoms with Gasteiger partial charge in [0.25, 0.3) is 5.91 Å². The van der Waals surface area contributed by atoms with Gasteiger partial charge in [-0.25, -0.2) is 4.79 Å². The number of hydrogen-bond donors (Lipinski definition) is 2. The van der Waals surface area contributed by atoms with Gasteiger partial charge >= 0.3 is 5.97 Å². The van der Waals surface area contributed by atoms with Crippen LogP contribution in [0.2, 0.25) is 0 Å². The number of aromatic carboxylic acids is 1. The number of para-hydroxylation sites is 1. The van der Waals surface area contributed by atoms with Gasteiger partial charge in [0, 0.05) is 17.5 Å². The molecule has 0 spiro atoms. The summed E-state index contributed by atoms with van der Waals surface area (Å²) in [6.07, 6.45) is 0. The molecule has 1 aromatic heterocycles. The summed E-state index contributed by atoms with van der Waals surface area (Å²) < 4.78 is 10.6. The zero-order valence-corrected chi connectivity index (χ0v) is 11.9. The average molecular weight is 301 g/mol. The molecule has 2 heterocycles. The summed E-state index contributed by atoms with van der Waals surface area (Å²) >= 11 is 0. The van der Waals surface area contributed by atoms with Crippen LogP contribution in [0.25, 0.3) is 0 Å². The molecule has 0 unspecified atom stereocenters. The van der Waals surface area contributed by atoms with Crippen molar-refractivity contribution in [1.29, 1.82) is 0 Å². The summed E-state index contributed by atoms with van der Waals surface area (Å²) in [6, 6.07) is 10.2. The molecule has 0 saturated carbocycles. The van der Waals surface area contributed by atoms with Gasteiger partial charge in [0.05, 0.1) is 6.61 Å². The lowest BCUT2D eigenvalue weighted by Gasteiger charge is -2.19. The monoisotopic (exact) mass is 301 g/mol. The molecule has 2 atom stereocenters. The molecule has 0 radical (unpaired) electrons. The van der Waals surface area contributed by atoms with Crippen molar-refractivity contribution in [2.24, 2.45) is 0 Å². The predicted octanol–water partition coefficient (Wildman–Crippen LogP) is 2.27. The van der Waals surface area contributed by atoms with E-state index in [4.69, 9.17) is 14.3 Å². The van der Waals surface area contributed by atoms with Crippen LogP contribution in [0, 0.1) is 0 Å². The van der Waals surface area contributed by atoms with Crippen LogP contribution in [0.5, 0.6) is 5.75 Å². The van der Waals surface area contributed by atoms with Crippen LogP contribution in [0.15, 0.2) is 40.8 Å². The zero-order chi connectivity index (χ0) is 15.7. The first kappa shape index (κ1) is 14.2. The van der Waals surface area contributed by atoms with E-state index in [1.165, 1.54) is 12.1 Å². The highest BCUT2D eigenvalue weighted by Crippen LogP contribution is 2.35. The zero-order valence-electron chi connectivity index (χ0n) is 11.9. The minimum atomic E-state index is -1.20. The number of amides is 1. The van der Waals surface area contributed by atoms with E-state index in [0.29, 0.717) is 6.61 Å². The summed E-state index contributed by atoms with van der Waals surface area (Å²) in [4.78, 5) is 22.9. The summed E-state index contributed by atoms with van der Waals surface area (Å²) in [5.41, 5.74) is 1.06. The number of fused-ring (bicyclic) bond motifs is 1. The highest BCUT2D eigenvalue weighted by atomic mass is 16.5. The highest BCUT2D eigenvalue weighted by Gasteiger charge is 2.30. The molecule has 0 aliphatic carbocycles. The number of carboxylic acid groups (broad SMARTS) is 1. The molecule has 0 saturated heterocycles. The van der Waals surface area contributed by atoms with E-state index < -0.39 is 11.9 Å². The lowest BCUT2D eigenvalue weighted by Crippen LogP contribution is -2.37. The van der Waals surface area contributed by atoms with Crippen LogP contribution >= 0.6 is 0 Å². The molecule has 1 amide bonds. The van der Waals surface area contributed by atoms with E-state index in [-0.39, 0.29) is 23.5 Å². The second kappa shape index (κ2) is 5.55. The molecule has 1 aliphatic heterocycles. The Kier molecular flexibility index (Phi) is 3.58. The fraction of sp³-hybridized carbons (Fsp3) is 0.250. The topological polar surface area (TPSA) is 88.8 Å². The van der Waals surface area contributed by atoms with Crippen LogP contribution in [0.3, 0.4) is 0 Å². The minimum absolute atomic E-state index is 0.0172. The molecule has 3 rings (SSSR count). The fourth-order valence-electron chi connectivity index (χ4n) is 2.55. The van der Waals surface area contributed by atoms with Crippen molar-refractivity contribution < 1.29 is 23.8 Å². The lowest BCUT2D eigenvalue weighted by atomic mass is 9.94. The third-order valence-electron chi connectivity index (χ3n) is 3.74. The Morgan fingerprint density at radius 3 is 2.68 bits per heavy atom. The van der Waals surface area contributed by atoms with E-state index in [0.717, 1.165) is 11.3 Å². The van der Waals surface area contributed by atoms with Crippen molar-refractivity contribution in [1.82, 2.24) is 5.32 Å². The van der Waals surface area contributed by atoms with Gasteiger partial charge in [-0.3, -0.25) is 4.79 Å². The minimum Gasteiger partial charge on any atom is -0.493 e. The van der Waals surface area contributed by atoms with Gasteiger partial charge in [-0.1, -0.05) is 18.2 Å².